The number of benzene rings is 3. The van der Waals surface area contributed by atoms with E-state index in [1.807, 2.05) is 24.3 Å². The zero-order valence-electron chi connectivity index (χ0n) is 20.0. The van der Waals surface area contributed by atoms with Crippen molar-refractivity contribution < 1.29 is 28.9 Å². The topological polar surface area (TPSA) is 76.0 Å². The molecule has 0 heterocycles. The van der Waals surface area contributed by atoms with E-state index in [4.69, 9.17) is 9.47 Å². The fraction of sp³-hybridized carbons (Fsp3) is 0.345. The van der Waals surface area contributed by atoms with E-state index in [1.165, 1.54) is 12.1 Å². The molecule has 0 radical (unpaired) electrons. The van der Waals surface area contributed by atoms with Gasteiger partial charge in [0.2, 0.25) is 0 Å². The van der Waals surface area contributed by atoms with Crippen molar-refractivity contribution in [3.63, 3.8) is 0 Å². The molecule has 2 unspecified atom stereocenters. The molecule has 0 saturated carbocycles. The van der Waals surface area contributed by atoms with E-state index in [2.05, 4.69) is 6.92 Å². The Balaban J connectivity index is 1.38. The van der Waals surface area contributed by atoms with Gasteiger partial charge < -0.3 is 19.7 Å². The van der Waals surface area contributed by atoms with Crippen LogP contribution in [0.1, 0.15) is 55.4 Å². The summed E-state index contributed by atoms with van der Waals surface area (Å²) in [5.41, 5.74) is 2.33. The number of aliphatic hydroxyl groups excluding tert-OH is 1. The third kappa shape index (κ3) is 8.41. The number of hydrogen-bond acceptors (Lipinski definition) is 4. The largest absolute Gasteiger partial charge is 0.493 e. The highest BCUT2D eigenvalue weighted by Crippen LogP contribution is 2.24. The van der Waals surface area contributed by atoms with Crippen LogP contribution < -0.4 is 9.47 Å². The molecule has 2 atom stereocenters. The molecule has 3 aromatic rings. The highest BCUT2D eigenvalue weighted by Gasteiger charge is 2.17. The van der Waals surface area contributed by atoms with Gasteiger partial charge in [0.15, 0.2) is 0 Å². The predicted molar refractivity (Wildman–Crippen MR) is 133 cm³/mol. The van der Waals surface area contributed by atoms with Crippen LogP contribution in [-0.4, -0.2) is 29.4 Å². The quantitative estimate of drug-likeness (QED) is 0.269. The number of aliphatic hydroxyl groups is 1. The maximum absolute atomic E-state index is 13.1. The molecule has 3 rings (SSSR count). The Kier molecular flexibility index (Phi) is 10.1. The molecule has 6 heteroatoms. The molecule has 0 fully saturated rings. The van der Waals surface area contributed by atoms with E-state index in [-0.39, 0.29) is 11.7 Å². The number of unbranched alkanes of at least 4 members (excludes halogenated alkanes) is 1. The average Bonchev–Trinajstić information content (AvgIpc) is 2.87. The average molecular weight is 481 g/mol. The summed E-state index contributed by atoms with van der Waals surface area (Å²) in [5, 5.41) is 19.8. The minimum atomic E-state index is -0.823. The van der Waals surface area contributed by atoms with Crippen LogP contribution in [0.5, 0.6) is 11.5 Å². The van der Waals surface area contributed by atoms with Crippen LogP contribution in [-0.2, 0) is 11.2 Å². The van der Waals surface area contributed by atoms with Crippen LogP contribution in [0.25, 0.3) is 0 Å². The van der Waals surface area contributed by atoms with Crippen LogP contribution in [0.15, 0.2) is 72.8 Å². The van der Waals surface area contributed by atoms with Crippen molar-refractivity contribution in [1.82, 2.24) is 0 Å². The van der Waals surface area contributed by atoms with Gasteiger partial charge in [0.1, 0.15) is 23.4 Å². The highest BCUT2D eigenvalue weighted by atomic mass is 19.1. The molecule has 0 saturated heterocycles. The predicted octanol–water partition coefficient (Wildman–Crippen LogP) is 6.19. The van der Waals surface area contributed by atoms with Crippen molar-refractivity contribution >= 4 is 5.97 Å². The molecule has 2 N–H and O–H groups in total. The fourth-order valence-corrected chi connectivity index (χ4v) is 3.79. The summed E-state index contributed by atoms with van der Waals surface area (Å²) in [5.74, 6) is 0.0164. The zero-order valence-corrected chi connectivity index (χ0v) is 20.0. The number of hydrogen-bond donors (Lipinski definition) is 2. The molecule has 3 aromatic carbocycles. The van der Waals surface area contributed by atoms with E-state index in [0.29, 0.717) is 49.4 Å². The molecule has 35 heavy (non-hydrogen) atoms. The number of carboxylic acid groups (broad SMARTS) is 1. The van der Waals surface area contributed by atoms with Gasteiger partial charge in [0.05, 0.1) is 19.1 Å². The first-order chi connectivity index (χ1) is 17.0. The van der Waals surface area contributed by atoms with Crippen LogP contribution in [0.3, 0.4) is 0 Å². The van der Waals surface area contributed by atoms with Gasteiger partial charge in [-0.25, -0.2) is 4.39 Å². The SMILES string of the molecule is CCCCC(Cc1ccc(OCCCOc2ccc(C(O)c3ccc(F)cc3)cc2)cc1)C(=O)O. The summed E-state index contributed by atoms with van der Waals surface area (Å²) < 4.78 is 24.6. The molecule has 0 aliphatic carbocycles. The lowest BCUT2D eigenvalue weighted by Crippen LogP contribution is -2.16. The Bertz CT molecular complexity index is 1030. The summed E-state index contributed by atoms with van der Waals surface area (Å²) in [6.45, 7) is 3.04. The monoisotopic (exact) mass is 480 g/mol. The molecule has 0 spiro atoms. The third-order valence-electron chi connectivity index (χ3n) is 5.87. The zero-order chi connectivity index (χ0) is 25.0. The first-order valence-electron chi connectivity index (χ1n) is 12.1. The van der Waals surface area contributed by atoms with Gasteiger partial charge in [-0.15, -0.1) is 0 Å². The van der Waals surface area contributed by atoms with Gasteiger partial charge in [0, 0.05) is 6.42 Å². The molecule has 0 aromatic heterocycles. The van der Waals surface area contributed by atoms with E-state index in [9.17, 15) is 19.4 Å². The summed E-state index contributed by atoms with van der Waals surface area (Å²) >= 11 is 0. The Morgan fingerprint density at radius 2 is 1.34 bits per heavy atom. The van der Waals surface area contributed by atoms with Crippen molar-refractivity contribution in [2.75, 3.05) is 13.2 Å². The summed E-state index contributed by atoms with van der Waals surface area (Å²) in [4.78, 5) is 11.4. The lowest BCUT2D eigenvalue weighted by Gasteiger charge is -2.13. The van der Waals surface area contributed by atoms with E-state index in [0.717, 1.165) is 24.2 Å². The number of rotatable bonds is 14. The maximum Gasteiger partial charge on any atom is 0.306 e. The molecule has 0 amide bonds. The number of carboxylic acids is 1. The normalized spacial score (nSPS) is 12.7. The third-order valence-corrected chi connectivity index (χ3v) is 5.87. The second-order valence-corrected chi connectivity index (χ2v) is 8.60. The van der Waals surface area contributed by atoms with Gasteiger partial charge in [-0.3, -0.25) is 4.79 Å². The van der Waals surface area contributed by atoms with Gasteiger partial charge in [-0.1, -0.05) is 56.2 Å². The number of aliphatic carboxylic acids is 1. The van der Waals surface area contributed by atoms with Crippen molar-refractivity contribution in [2.24, 2.45) is 5.92 Å². The fourth-order valence-electron chi connectivity index (χ4n) is 3.79. The number of carbonyl (C=O) groups is 1. The standard InChI is InChI=1S/C29H33FO5/c1-2-3-5-24(29(32)33)20-21-6-14-26(15-7-21)34-18-4-19-35-27-16-10-23(11-17-27)28(31)22-8-12-25(30)13-9-22/h6-17,24,28,31H,2-5,18-20H2,1H3,(H,32,33). The highest BCUT2D eigenvalue weighted by molar-refractivity contribution is 5.70. The minimum absolute atomic E-state index is 0.336. The van der Waals surface area contributed by atoms with Gasteiger partial charge in [-0.2, -0.15) is 0 Å². The Morgan fingerprint density at radius 3 is 1.86 bits per heavy atom. The van der Waals surface area contributed by atoms with E-state index >= 15 is 0 Å². The molecule has 186 valence electrons. The first-order valence-corrected chi connectivity index (χ1v) is 12.1. The molecule has 5 nitrogen and oxygen atoms in total. The molecule has 0 bridgehead atoms. The smallest absolute Gasteiger partial charge is 0.306 e. The molecule has 0 aliphatic heterocycles. The Labute approximate surface area is 206 Å². The van der Waals surface area contributed by atoms with Crippen LogP contribution in [0.2, 0.25) is 0 Å². The molecular formula is C29H33FO5. The van der Waals surface area contributed by atoms with Crippen LogP contribution in [0, 0.1) is 11.7 Å². The maximum atomic E-state index is 13.1. The van der Waals surface area contributed by atoms with E-state index in [1.54, 1.807) is 36.4 Å². The second-order valence-electron chi connectivity index (χ2n) is 8.60. The molecule has 0 aliphatic rings. The van der Waals surface area contributed by atoms with Crippen LogP contribution in [0.4, 0.5) is 4.39 Å². The lowest BCUT2D eigenvalue weighted by atomic mass is 9.94. The van der Waals surface area contributed by atoms with Gasteiger partial charge in [0.25, 0.3) is 0 Å². The van der Waals surface area contributed by atoms with Crippen LogP contribution >= 0.6 is 0 Å². The van der Waals surface area contributed by atoms with Crippen molar-refractivity contribution in [3.8, 4) is 11.5 Å². The second kappa shape index (κ2) is 13.5. The number of halogens is 1. The van der Waals surface area contributed by atoms with Crippen molar-refractivity contribution in [1.29, 1.82) is 0 Å². The van der Waals surface area contributed by atoms with E-state index < -0.39 is 12.1 Å². The van der Waals surface area contributed by atoms with Crippen molar-refractivity contribution in [3.05, 3.63) is 95.3 Å². The Hall–Kier alpha value is -3.38. The minimum Gasteiger partial charge on any atom is -0.493 e. The van der Waals surface area contributed by atoms with Crippen molar-refractivity contribution in [2.45, 2.75) is 45.1 Å². The summed E-state index contributed by atoms with van der Waals surface area (Å²) in [7, 11) is 0. The lowest BCUT2D eigenvalue weighted by molar-refractivity contribution is -0.142. The molecular weight excluding hydrogens is 447 g/mol. The van der Waals surface area contributed by atoms with Gasteiger partial charge in [-0.05, 0) is 65.9 Å². The van der Waals surface area contributed by atoms with Gasteiger partial charge >= 0.3 is 5.97 Å². The summed E-state index contributed by atoms with van der Waals surface area (Å²) in [6.07, 6.45) is 3.01. The summed E-state index contributed by atoms with van der Waals surface area (Å²) in [6, 6.07) is 20.6. The first kappa shape index (κ1) is 26.2. The number of ether oxygens (including phenoxy) is 2. The Morgan fingerprint density at radius 1 is 0.829 bits per heavy atom.